The Bertz CT molecular complexity index is 989. The second-order valence-electron chi connectivity index (χ2n) is 7.05. The van der Waals surface area contributed by atoms with Gasteiger partial charge < -0.3 is 15.5 Å². The summed E-state index contributed by atoms with van der Waals surface area (Å²) in [7, 11) is 0. The Labute approximate surface area is 170 Å². The van der Waals surface area contributed by atoms with Gasteiger partial charge in [-0.15, -0.1) is 0 Å². The summed E-state index contributed by atoms with van der Waals surface area (Å²) in [4.78, 5) is 27.4. The first-order chi connectivity index (χ1) is 14.2. The Morgan fingerprint density at radius 2 is 1.45 bits per heavy atom. The van der Waals surface area contributed by atoms with Gasteiger partial charge in [0.15, 0.2) is 0 Å². The molecule has 0 bridgehead atoms. The van der Waals surface area contributed by atoms with Crippen LogP contribution in [0.2, 0.25) is 0 Å². The van der Waals surface area contributed by atoms with Crippen LogP contribution in [0.1, 0.15) is 12.8 Å². The number of hydrogen-bond acceptors (Lipinski definition) is 2. The highest BCUT2D eigenvalue weighted by atomic mass is 16.2. The van der Waals surface area contributed by atoms with E-state index in [4.69, 9.17) is 0 Å². The van der Waals surface area contributed by atoms with E-state index in [1.54, 1.807) is 4.90 Å². The molecule has 3 amide bonds. The number of rotatable bonds is 4. The molecule has 0 spiro atoms. The third kappa shape index (κ3) is 4.29. The minimum atomic E-state index is -0.484. The summed E-state index contributed by atoms with van der Waals surface area (Å²) in [6.45, 7) is 0.567. The summed E-state index contributed by atoms with van der Waals surface area (Å²) in [5.74, 6) is -0.158. The molecule has 1 fully saturated rings. The van der Waals surface area contributed by atoms with Crippen molar-refractivity contribution in [3.05, 3.63) is 84.9 Å². The van der Waals surface area contributed by atoms with Gasteiger partial charge >= 0.3 is 6.03 Å². The molecule has 0 unspecified atom stereocenters. The molecule has 0 radical (unpaired) electrons. The van der Waals surface area contributed by atoms with E-state index in [2.05, 4.69) is 10.6 Å². The number of nitrogens with one attached hydrogen (secondary N) is 2. The number of carbonyl (C=O) groups is 2. The second-order valence-corrected chi connectivity index (χ2v) is 7.05. The third-order valence-corrected chi connectivity index (χ3v) is 5.11. The lowest BCUT2D eigenvalue weighted by molar-refractivity contribution is -0.119. The molecule has 1 heterocycles. The van der Waals surface area contributed by atoms with Gasteiger partial charge in [-0.2, -0.15) is 0 Å². The molecule has 5 nitrogen and oxygen atoms in total. The maximum atomic E-state index is 13.0. The summed E-state index contributed by atoms with van der Waals surface area (Å²) in [5.41, 5.74) is 3.46. The Kier molecular flexibility index (Phi) is 5.56. The average Bonchev–Trinajstić information content (AvgIpc) is 3.26. The summed E-state index contributed by atoms with van der Waals surface area (Å²) in [6.07, 6.45) is 1.46. The van der Waals surface area contributed by atoms with Crippen molar-refractivity contribution in [1.29, 1.82) is 0 Å². The number of hydrogen-bond donors (Lipinski definition) is 2. The largest absolute Gasteiger partial charge is 0.324 e. The molecule has 1 aliphatic rings. The van der Waals surface area contributed by atoms with Crippen molar-refractivity contribution in [2.45, 2.75) is 18.9 Å². The van der Waals surface area contributed by atoms with Gasteiger partial charge in [0.05, 0.1) is 0 Å². The van der Waals surface area contributed by atoms with Gasteiger partial charge in [0, 0.05) is 23.5 Å². The first kappa shape index (κ1) is 18.7. The molecule has 29 heavy (non-hydrogen) atoms. The SMILES string of the molecule is O=C(Nc1ccccc1-c1ccccc1)[C@H]1CCCN1C(=O)Nc1ccccc1. The van der Waals surface area contributed by atoms with Crippen molar-refractivity contribution in [2.24, 2.45) is 0 Å². The lowest BCUT2D eigenvalue weighted by Gasteiger charge is -2.24. The van der Waals surface area contributed by atoms with Crippen molar-refractivity contribution in [2.75, 3.05) is 17.2 Å². The molecule has 4 rings (SSSR count). The normalized spacial score (nSPS) is 15.7. The molecule has 0 aromatic heterocycles. The molecule has 2 N–H and O–H groups in total. The molecular formula is C24H23N3O2. The molecule has 0 saturated carbocycles. The van der Waals surface area contributed by atoms with Crippen LogP contribution in [0.15, 0.2) is 84.9 Å². The van der Waals surface area contributed by atoms with Crippen molar-refractivity contribution in [1.82, 2.24) is 4.90 Å². The molecule has 3 aromatic carbocycles. The van der Waals surface area contributed by atoms with Crippen LogP contribution in [0.5, 0.6) is 0 Å². The predicted molar refractivity (Wildman–Crippen MR) is 116 cm³/mol. The summed E-state index contributed by atoms with van der Waals surface area (Å²) >= 11 is 0. The zero-order valence-electron chi connectivity index (χ0n) is 16.0. The van der Waals surface area contributed by atoms with Gasteiger partial charge in [0.25, 0.3) is 0 Å². The van der Waals surface area contributed by atoms with Gasteiger partial charge in [-0.25, -0.2) is 4.79 Å². The van der Waals surface area contributed by atoms with E-state index in [0.717, 1.165) is 28.9 Å². The molecule has 1 saturated heterocycles. The zero-order chi connectivity index (χ0) is 20.1. The van der Waals surface area contributed by atoms with Crippen LogP contribution < -0.4 is 10.6 Å². The van der Waals surface area contributed by atoms with Crippen LogP contribution in [0.3, 0.4) is 0 Å². The fourth-order valence-electron chi connectivity index (χ4n) is 3.68. The van der Waals surface area contributed by atoms with Gasteiger partial charge in [-0.1, -0.05) is 66.7 Å². The van der Waals surface area contributed by atoms with E-state index in [1.807, 2.05) is 84.9 Å². The lowest BCUT2D eigenvalue weighted by Crippen LogP contribution is -2.45. The number of para-hydroxylation sites is 2. The Morgan fingerprint density at radius 1 is 0.793 bits per heavy atom. The molecule has 3 aromatic rings. The topological polar surface area (TPSA) is 61.4 Å². The third-order valence-electron chi connectivity index (χ3n) is 5.11. The number of likely N-dealkylation sites (tertiary alicyclic amines) is 1. The van der Waals surface area contributed by atoms with E-state index in [9.17, 15) is 9.59 Å². The Morgan fingerprint density at radius 3 is 2.21 bits per heavy atom. The smallest absolute Gasteiger partial charge is 0.322 e. The minimum Gasteiger partial charge on any atom is -0.324 e. The van der Waals surface area contributed by atoms with E-state index in [0.29, 0.717) is 13.0 Å². The van der Waals surface area contributed by atoms with Gasteiger partial charge in [0.2, 0.25) is 5.91 Å². The van der Waals surface area contributed by atoms with Crippen LogP contribution in [0.25, 0.3) is 11.1 Å². The van der Waals surface area contributed by atoms with Crippen LogP contribution in [0, 0.1) is 0 Å². The van der Waals surface area contributed by atoms with Crippen molar-refractivity contribution in [3.8, 4) is 11.1 Å². The van der Waals surface area contributed by atoms with Gasteiger partial charge in [-0.05, 0) is 36.6 Å². The standard InChI is InChI=1S/C24H23N3O2/c28-23(26-21-15-8-7-14-20(21)18-10-3-1-4-11-18)22-16-9-17-27(22)24(29)25-19-12-5-2-6-13-19/h1-8,10-15,22H,9,16-17H2,(H,25,29)(H,26,28)/t22-/m1/s1. The number of urea groups is 1. The minimum absolute atomic E-state index is 0.158. The Hall–Kier alpha value is -3.60. The quantitative estimate of drug-likeness (QED) is 0.665. The maximum absolute atomic E-state index is 13.0. The summed E-state index contributed by atoms with van der Waals surface area (Å²) < 4.78 is 0. The molecular weight excluding hydrogens is 362 g/mol. The van der Waals surface area contributed by atoms with Crippen LogP contribution in [0.4, 0.5) is 16.2 Å². The van der Waals surface area contributed by atoms with E-state index < -0.39 is 6.04 Å². The molecule has 0 aliphatic carbocycles. The van der Waals surface area contributed by atoms with Crippen LogP contribution in [-0.4, -0.2) is 29.4 Å². The first-order valence-corrected chi connectivity index (χ1v) is 9.80. The summed E-state index contributed by atoms with van der Waals surface area (Å²) in [5, 5.41) is 5.92. The first-order valence-electron chi connectivity index (χ1n) is 9.80. The molecule has 1 aliphatic heterocycles. The highest BCUT2D eigenvalue weighted by Gasteiger charge is 2.34. The average molecular weight is 385 g/mol. The van der Waals surface area contributed by atoms with E-state index >= 15 is 0 Å². The highest BCUT2D eigenvalue weighted by molar-refractivity contribution is 6.01. The zero-order valence-corrected chi connectivity index (χ0v) is 16.0. The van der Waals surface area contributed by atoms with Crippen molar-refractivity contribution >= 4 is 23.3 Å². The van der Waals surface area contributed by atoms with Crippen molar-refractivity contribution < 1.29 is 9.59 Å². The maximum Gasteiger partial charge on any atom is 0.322 e. The monoisotopic (exact) mass is 385 g/mol. The number of carbonyl (C=O) groups excluding carboxylic acids is 2. The molecule has 146 valence electrons. The molecule has 1 atom stereocenters. The van der Waals surface area contributed by atoms with Crippen molar-refractivity contribution in [3.63, 3.8) is 0 Å². The van der Waals surface area contributed by atoms with E-state index in [-0.39, 0.29) is 11.9 Å². The van der Waals surface area contributed by atoms with Crippen LogP contribution >= 0.6 is 0 Å². The lowest BCUT2D eigenvalue weighted by atomic mass is 10.0. The highest BCUT2D eigenvalue weighted by Crippen LogP contribution is 2.29. The van der Waals surface area contributed by atoms with Gasteiger partial charge in [-0.3, -0.25) is 4.79 Å². The van der Waals surface area contributed by atoms with Crippen LogP contribution in [-0.2, 0) is 4.79 Å². The Balaban J connectivity index is 1.49. The fourth-order valence-corrected chi connectivity index (χ4v) is 3.68. The number of benzene rings is 3. The number of anilines is 2. The predicted octanol–water partition coefficient (Wildman–Crippen LogP) is 4.99. The number of amides is 3. The molecule has 5 heteroatoms. The number of nitrogens with zero attached hydrogens (tertiary/aromatic N) is 1. The fraction of sp³-hybridized carbons (Fsp3) is 0.167. The van der Waals surface area contributed by atoms with E-state index in [1.165, 1.54) is 0 Å². The second kappa shape index (κ2) is 8.61. The van der Waals surface area contributed by atoms with Gasteiger partial charge in [0.1, 0.15) is 6.04 Å². The summed E-state index contributed by atoms with van der Waals surface area (Å²) in [6, 6.07) is 26.2.